The van der Waals surface area contributed by atoms with Gasteiger partial charge < -0.3 is 5.32 Å². The molecule has 20 heavy (non-hydrogen) atoms. The molecule has 0 aliphatic heterocycles. The van der Waals surface area contributed by atoms with Gasteiger partial charge in [-0.3, -0.25) is 9.48 Å². The Morgan fingerprint density at radius 1 is 1.40 bits per heavy atom. The van der Waals surface area contributed by atoms with Gasteiger partial charge in [-0.1, -0.05) is 15.9 Å². The van der Waals surface area contributed by atoms with E-state index in [4.69, 9.17) is 0 Å². The van der Waals surface area contributed by atoms with E-state index in [0.717, 1.165) is 6.07 Å². The molecular weight excluding hydrogens is 339 g/mol. The highest BCUT2D eigenvalue weighted by atomic mass is 79.9. The number of amides is 1. The van der Waals surface area contributed by atoms with Crippen molar-refractivity contribution in [1.82, 2.24) is 9.78 Å². The molecule has 0 aliphatic rings. The number of carbonyl (C=O) groups excluding carboxylic acids is 1. The van der Waals surface area contributed by atoms with Crippen LogP contribution in [0.2, 0.25) is 0 Å². The molecule has 1 aromatic carbocycles. The van der Waals surface area contributed by atoms with E-state index in [1.807, 2.05) is 0 Å². The molecule has 0 bridgehead atoms. The Morgan fingerprint density at radius 3 is 2.75 bits per heavy atom. The quantitative estimate of drug-likeness (QED) is 0.925. The van der Waals surface area contributed by atoms with Crippen LogP contribution in [0, 0.1) is 0 Å². The van der Waals surface area contributed by atoms with Crippen LogP contribution in [0.4, 0.5) is 18.9 Å². The predicted molar refractivity (Wildman–Crippen MR) is 70.0 cm³/mol. The molecule has 1 heterocycles. The largest absolute Gasteiger partial charge is 0.417 e. The summed E-state index contributed by atoms with van der Waals surface area (Å²) in [5.41, 5.74) is -0.757. The number of alkyl halides is 3. The summed E-state index contributed by atoms with van der Waals surface area (Å²) in [6, 6.07) is 5.16. The second kappa shape index (κ2) is 5.66. The Morgan fingerprint density at radius 2 is 2.15 bits per heavy atom. The minimum atomic E-state index is -4.48. The zero-order chi connectivity index (χ0) is 14.8. The van der Waals surface area contributed by atoms with Gasteiger partial charge in [0.15, 0.2) is 0 Å². The fraction of sp³-hybridized carbons (Fsp3) is 0.167. The standard InChI is InChI=1S/C12H9BrF3N3O/c13-10-3-2-8(6-9(10)12(14,15)16)18-11(20)7-19-5-1-4-17-19/h1-6H,7H2,(H,18,20). The maximum absolute atomic E-state index is 12.7. The average Bonchev–Trinajstić information content (AvgIpc) is 2.83. The molecule has 1 aromatic heterocycles. The van der Waals surface area contributed by atoms with Crippen molar-refractivity contribution in [2.45, 2.75) is 12.7 Å². The summed E-state index contributed by atoms with van der Waals surface area (Å²) in [5.74, 6) is -0.454. The minimum absolute atomic E-state index is 0.0651. The number of nitrogens with one attached hydrogen (secondary N) is 1. The van der Waals surface area contributed by atoms with Crippen LogP contribution in [0.3, 0.4) is 0 Å². The van der Waals surface area contributed by atoms with Gasteiger partial charge in [-0.05, 0) is 24.3 Å². The number of aromatic nitrogens is 2. The highest BCUT2D eigenvalue weighted by Crippen LogP contribution is 2.36. The lowest BCUT2D eigenvalue weighted by Gasteiger charge is -2.12. The molecule has 0 fully saturated rings. The zero-order valence-electron chi connectivity index (χ0n) is 9.99. The van der Waals surface area contributed by atoms with Crippen LogP contribution in [-0.2, 0) is 17.5 Å². The van der Waals surface area contributed by atoms with Crippen molar-refractivity contribution < 1.29 is 18.0 Å². The van der Waals surface area contributed by atoms with Crippen LogP contribution in [0.1, 0.15) is 5.56 Å². The predicted octanol–water partition coefficient (Wildman–Crippen LogP) is 3.30. The van der Waals surface area contributed by atoms with Crippen molar-refractivity contribution in [3.8, 4) is 0 Å². The van der Waals surface area contributed by atoms with Crippen molar-refractivity contribution in [3.05, 3.63) is 46.7 Å². The molecule has 0 spiro atoms. The fourth-order valence-electron chi connectivity index (χ4n) is 1.56. The molecule has 8 heteroatoms. The number of hydrogen-bond acceptors (Lipinski definition) is 2. The third kappa shape index (κ3) is 3.60. The van der Waals surface area contributed by atoms with E-state index in [2.05, 4.69) is 26.3 Å². The number of halogens is 4. The second-order valence-corrected chi connectivity index (χ2v) is 4.80. The van der Waals surface area contributed by atoms with Gasteiger partial charge in [-0.25, -0.2) is 0 Å². The molecule has 0 saturated carbocycles. The summed E-state index contributed by atoms with van der Waals surface area (Å²) in [6.45, 7) is -0.0651. The minimum Gasteiger partial charge on any atom is -0.324 e. The topological polar surface area (TPSA) is 46.9 Å². The number of rotatable bonds is 3. The van der Waals surface area contributed by atoms with Crippen LogP contribution in [0.5, 0.6) is 0 Å². The van der Waals surface area contributed by atoms with E-state index < -0.39 is 17.6 Å². The maximum atomic E-state index is 12.7. The van der Waals surface area contributed by atoms with Crippen molar-refractivity contribution in [3.63, 3.8) is 0 Å². The van der Waals surface area contributed by atoms with Crippen LogP contribution in [0.15, 0.2) is 41.1 Å². The molecule has 2 rings (SSSR count). The highest BCUT2D eigenvalue weighted by molar-refractivity contribution is 9.10. The Kier molecular flexibility index (Phi) is 4.12. The Bertz CT molecular complexity index is 611. The van der Waals surface area contributed by atoms with Gasteiger partial charge in [0.1, 0.15) is 6.54 Å². The van der Waals surface area contributed by atoms with Crippen LogP contribution >= 0.6 is 15.9 Å². The van der Waals surface area contributed by atoms with Gasteiger partial charge in [0.2, 0.25) is 5.91 Å². The Hall–Kier alpha value is -1.83. The molecule has 1 N–H and O–H groups in total. The monoisotopic (exact) mass is 347 g/mol. The Balaban J connectivity index is 2.12. The van der Waals surface area contributed by atoms with Crippen LogP contribution < -0.4 is 5.32 Å². The summed E-state index contributed by atoms with van der Waals surface area (Å²) in [6.07, 6.45) is -1.39. The van der Waals surface area contributed by atoms with Gasteiger partial charge in [-0.15, -0.1) is 0 Å². The van der Waals surface area contributed by atoms with E-state index in [-0.39, 0.29) is 16.7 Å². The molecular formula is C12H9BrF3N3O. The first-order valence-electron chi connectivity index (χ1n) is 5.50. The van der Waals surface area contributed by atoms with Crippen molar-refractivity contribution >= 4 is 27.5 Å². The van der Waals surface area contributed by atoms with Gasteiger partial charge in [0, 0.05) is 22.6 Å². The van der Waals surface area contributed by atoms with E-state index in [1.54, 1.807) is 12.3 Å². The molecule has 106 valence electrons. The van der Waals surface area contributed by atoms with Crippen LogP contribution in [0.25, 0.3) is 0 Å². The zero-order valence-corrected chi connectivity index (χ0v) is 11.6. The molecule has 4 nitrogen and oxygen atoms in total. The van der Waals surface area contributed by atoms with E-state index in [9.17, 15) is 18.0 Å². The van der Waals surface area contributed by atoms with Gasteiger partial charge in [0.05, 0.1) is 5.56 Å². The first-order valence-corrected chi connectivity index (χ1v) is 6.29. The first kappa shape index (κ1) is 14.6. The molecule has 0 saturated heterocycles. The lowest BCUT2D eigenvalue weighted by atomic mass is 10.2. The van der Waals surface area contributed by atoms with E-state index in [1.165, 1.54) is 23.0 Å². The summed E-state index contributed by atoms with van der Waals surface area (Å²) in [5, 5.41) is 6.24. The van der Waals surface area contributed by atoms with Gasteiger partial charge in [0.25, 0.3) is 0 Å². The average molecular weight is 348 g/mol. The number of carbonyl (C=O) groups is 1. The van der Waals surface area contributed by atoms with Gasteiger partial charge >= 0.3 is 6.18 Å². The maximum Gasteiger partial charge on any atom is 0.417 e. The first-order chi connectivity index (χ1) is 9.36. The molecule has 0 aliphatic carbocycles. The molecule has 2 aromatic rings. The third-order valence-electron chi connectivity index (χ3n) is 2.42. The highest BCUT2D eigenvalue weighted by Gasteiger charge is 2.33. The smallest absolute Gasteiger partial charge is 0.324 e. The van der Waals surface area contributed by atoms with Crippen molar-refractivity contribution in [1.29, 1.82) is 0 Å². The number of anilines is 1. The Labute approximate surface area is 120 Å². The van der Waals surface area contributed by atoms with E-state index >= 15 is 0 Å². The summed E-state index contributed by atoms with van der Waals surface area (Å²) in [7, 11) is 0. The normalized spacial score (nSPS) is 11.4. The summed E-state index contributed by atoms with van der Waals surface area (Å²) in [4.78, 5) is 11.7. The van der Waals surface area contributed by atoms with Crippen molar-refractivity contribution in [2.24, 2.45) is 0 Å². The number of hydrogen-bond donors (Lipinski definition) is 1. The molecule has 1 amide bonds. The summed E-state index contributed by atoms with van der Waals surface area (Å²) >= 11 is 2.83. The fourth-order valence-corrected chi connectivity index (χ4v) is 2.03. The number of benzene rings is 1. The number of nitrogens with zero attached hydrogens (tertiary/aromatic N) is 2. The second-order valence-electron chi connectivity index (χ2n) is 3.94. The van der Waals surface area contributed by atoms with Gasteiger partial charge in [-0.2, -0.15) is 18.3 Å². The van der Waals surface area contributed by atoms with E-state index in [0.29, 0.717) is 0 Å². The third-order valence-corrected chi connectivity index (χ3v) is 3.11. The summed E-state index contributed by atoms with van der Waals surface area (Å²) < 4.78 is 39.4. The lowest BCUT2D eigenvalue weighted by Crippen LogP contribution is -2.19. The lowest BCUT2D eigenvalue weighted by molar-refractivity contribution is -0.138. The SMILES string of the molecule is O=C(Cn1cccn1)Nc1ccc(Br)c(C(F)(F)F)c1. The molecule has 0 unspecified atom stereocenters. The molecule has 0 atom stereocenters. The van der Waals surface area contributed by atoms with Crippen LogP contribution in [-0.4, -0.2) is 15.7 Å². The molecule has 0 radical (unpaired) electrons. The van der Waals surface area contributed by atoms with Crippen molar-refractivity contribution in [2.75, 3.05) is 5.32 Å².